The third-order valence-corrected chi connectivity index (χ3v) is 5.67. The van der Waals surface area contributed by atoms with Crippen molar-refractivity contribution in [3.05, 3.63) is 0 Å². The maximum Gasteiger partial charge on any atom is 0.0703 e. The van der Waals surface area contributed by atoms with Crippen LogP contribution in [0.15, 0.2) is 0 Å². The predicted molar refractivity (Wildman–Crippen MR) is 58.4 cm³/mol. The molecule has 5 atom stereocenters. The van der Waals surface area contributed by atoms with Gasteiger partial charge >= 0.3 is 0 Å². The predicted octanol–water partition coefficient (Wildman–Crippen LogP) is 2.09. The van der Waals surface area contributed by atoms with E-state index in [2.05, 4.69) is 13.8 Å². The highest BCUT2D eigenvalue weighted by Crippen LogP contribution is 2.69. The average Bonchev–Trinajstić information content (AvgIpc) is 1.94. The van der Waals surface area contributed by atoms with E-state index in [0.717, 1.165) is 32.1 Å². The Balaban J connectivity index is 2.10. The van der Waals surface area contributed by atoms with Gasteiger partial charge in [0.05, 0.1) is 11.2 Å². The van der Waals surface area contributed by atoms with Gasteiger partial charge in [-0.05, 0) is 55.8 Å². The fourth-order valence-corrected chi connectivity index (χ4v) is 5.31. The van der Waals surface area contributed by atoms with E-state index < -0.39 is 11.2 Å². The van der Waals surface area contributed by atoms with Gasteiger partial charge in [0.15, 0.2) is 0 Å². The summed E-state index contributed by atoms with van der Waals surface area (Å²) < 4.78 is 0. The van der Waals surface area contributed by atoms with Gasteiger partial charge in [-0.25, -0.2) is 0 Å². The summed E-state index contributed by atoms with van der Waals surface area (Å²) in [4.78, 5) is 0. The van der Waals surface area contributed by atoms with Crippen molar-refractivity contribution >= 4 is 0 Å². The molecule has 15 heavy (non-hydrogen) atoms. The monoisotopic (exact) mass is 210 g/mol. The molecule has 0 amide bonds. The molecule has 4 aliphatic carbocycles. The molecule has 0 aromatic rings. The van der Waals surface area contributed by atoms with Crippen LogP contribution < -0.4 is 0 Å². The molecule has 2 heteroatoms. The molecule has 4 bridgehead atoms. The van der Waals surface area contributed by atoms with Crippen LogP contribution in [0, 0.1) is 16.7 Å². The molecule has 0 aromatic heterocycles. The molecule has 0 aromatic carbocycles. The lowest BCUT2D eigenvalue weighted by Crippen LogP contribution is -2.69. The minimum Gasteiger partial charge on any atom is -0.390 e. The highest BCUT2D eigenvalue weighted by Gasteiger charge is 2.68. The van der Waals surface area contributed by atoms with Crippen molar-refractivity contribution in [2.24, 2.45) is 16.7 Å². The highest BCUT2D eigenvalue weighted by molar-refractivity contribution is 5.19. The van der Waals surface area contributed by atoms with Crippen LogP contribution in [0.25, 0.3) is 0 Å². The van der Waals surface area contributed by atoms with Crippen molar-refractivity contribution in [3.63, 3.8) is 0 Å². The number of hydrogen-bond acceptors (Lipinski definition) is 2. The molecule has 4 fully saturated rings. The van der Waals surface area contributed by atoms with E-state index >= 15 is 0 Å². The normalized spacial score (nSPS) is 67.4. The van der Waals surface area contributed by atoms with Crippen molar-refractivity contribution in [3.8, 4) is 0 Å². The Kier molecular flexibility index (Phi) is 1.54. The van der Waals surface area contributed by atoms with Gasteiger partial charge in [0.25, 0.3) is 0 Å². The molecule has 0 saturated heterocycles. The first-order chi connectivity index (χ1) is 6.68. The third kappa shape index (κ3) is 1.07. The second-order valence-corrected chi connectivity index (χ2v) is 7.38. The Morgan fingerprint density at radius 3 is 2.13 bits per heavy atom. The largest absolute Gasteiger partial charge is 0.390 e. The smallest absolute Gasteiger partial charge is 0.0703 e. The SMILES string of the molecule is CC12CC3CC(O)(C1)CC(C)(C2)C3(C)O. The van der Waals surface area contributed by atoms with Crippen LogP contribution >= 0.6 is 0 Å². The van der Waals surface area contributed by atoms with E-state index in [1.165, 1.54) is 0 Å². The van der Waals surface area contributed by atoms with E-state index in [-0.39, 0.29) is 10.8 Å². The van der Waals surface area contributed by atoms with Crippen molar-refractivity contribution in [2.75, 3.05) is 0 Å². The Labute approximate surface area is 91.7 Å². The Hall–Kier alpha value is -0.0800. The fourth-order valence-electron chi connectivity index (χ4n) is 5.31. The van der Waals surface area contributed by atoms with Crippen molar-refractivity contribution in [2.45, 2.75) is 64.1 Å². The van der Waals surface area contributed by atoms with Gasteiger partial charge in [0.1, 0.15) is 0 Å². The molecule has 4 saturated carbocycles. The summed E-state index contributed by atoms with van der Waals surface area (Å²) in [7, 11) is 0. The molecule has 0 spiro atoms. The Morgan fingerprint density at radius 2 is 1.60 bits per heavy atom. The number of hydrogen-bond donors (Lipinski definition) is 2. The van der Waals surface area contributed by atoms with Gasteiger partial charge in [0, 0.05) is 0 Å². The number of rotatable bonds is 0. The second-order valence-electron chi connectivity index (χ2n) is 7.38. The lowest BCUT2D eigenvalue weighted by atomic mass is 9.39. The van der Waals surface area contributed by atoms with Gasteiger partial charge in [-0.3, -0.25) is 0 Å². The lowest BCUT2D eigenvalue weighted by molar-refractivity contribution is -0.280. The summed E-state index contributed by atoms with van der Waals surface area (Å²) in [5.41, 5.74) is -0.852. The molecule has 2 nitrogen and oxygen atoms in total. The third-order valence-electron chi connectivity index (χ3n) is 5.67. The van der Waals surface area contributed by atoms with Gasteiger partial charge in [-0.2, -0.15) is 0 Å². The van der Waals surface area contributed by atoms with E-state index in [4.69, 9.17) is 0 Å². The van der Waals surface area contributed by atoms with Crippen LogP contribution in [0.3, 0.4) is 0 Å². The lowest BCUT2D eigenvalue weighted by Gasteiger charge is -2.69. The van der Waals surface area contributed by atoms with Crippen LogP contribution in [0.5, 0.6) is 0 Å². The maximum atomic E-state index is 10.7. The van der Waals surface area contributed by atoms with Crippen LogP contribution in [0.4, 0.5) is 0 Å². The van der Waals surface area contributed by atoms with Gasteiger partial charge in [0.2, 0.25) is 0 Å². The standard InChI is InChI=1S/C13H22O2/c1-10-4-9-5-13(15,7-10)8-11(2,6-10)12(9,3)14/h9,14-15H,4-8H2,1-3H3. The molecular formula is C13H22O2. The molecule has 0 radical (unpaired) electrons. The van der Waals surface area contributed by atoms with E-state index in [1.54, 1.807) is 0 Å². The summed E-state index contributed by atoms with van der Waals surface area (Å²) in [6.07, 6.45) is 4.72. The molecule has 86 valence electrons. The van der Waals surface area contributed by atoms with Gasteiger partial charge in [-0.15, -0.1) is 0 Å². The Morgan fingerprint density at radius 1 is 0.933 bits per heavy atom. The van der Waals surface area contributed by atoms with Crippen LogP contribution in [0.1, 0.15) is 52.9 Å². The zero-order valence-electron chi connectivity index (χ0n) is 10.0. The zero-order chi connectivity index (χ0) is 11.1. The van der Waals surface area contributed by atoms with Crippen LogP contribution in [-0.2, 0) is 0 Å². The van der Waals surface area contributed by atoms with Crippen LogP contribution in [0.2, 0.25) is 0 Å². The summed E-state index contributed by atoms with van der Waals surface area (Å²) in [5.74, 6) is 0.300. The average molecular weight is 210 g/mol. The summed E-state index contributed by atoms with van der Waals surface area (Å²) >= 11 is 0. The summed E-state index contributed by atoms with van der Waals surface area (Å²) in [6.45, 7) is 6.44. The Bertz CT molecular complexity index is 302. The fraction of sp³-hybridized carbons (Fsp3) is 1.00. The molecule has 0 heterocycles. The van der Waals surface area contributed by atoms with Gasteiger partial charge < -0.3 is 10.2 Å². The van der Waals surface area contributed by atoms with E-state index in [0.29, 0.717) is 5.92 Å². The van der Waals surface area contributed by atoms with Crippen molar-refractivity contribution in [1.82, 2.24) is 0 Å². The minimum atomic E-state index is -0.570. The first-order valence-electron chi connectivity index (χ1n) is 6.13. The second kappa shape index (κ2) is 2.28. The molecule has 4 rings (SSSR count). The van der Waals surface area contributed by atoms with Gasteiger partial charge in [-0.1, -0.05) is 13.8 Å². The molecule has 4 aliphatic rings. The van der Waals surface area contributed by atoms with E-state index in [9.17, 15) is 10.2 Å². The first kappa shape index (κ1) is 10.1. The first-order valence-corrected chi connectivity index (χ1v) is 6.13. The summed E-state index contributed by atoms with van der Waals surface area (Å²) in [6, 6.07) is 0. The van der Waals surface area contributed by atoms with Crippen molar-refractivity contribution < 1.29 is 10.2 Å². The quantitative estimate of drug-likeness (QED) is 0.642. The minimum absolute atomic E-state index is 0.0735. The maximum absolute atomic E-state index is 10.7. The molecular weight excluding hydrogens is 188 g/mol. The van der Waals surface area contributed by atoms with Crippen LogP contribution in [-0.4, -0.2) is 21.4 Å². The molecule has 5 unspecified atom stereocenters. The summed E-state index contributed by atoms with van der Waals surface area (Å²) in [5, 5.41) is 21.2. The molecule has 0 aliphatic heterocycles. The molecule has 2 N–H and O–H groups in total. The topological polar surface area (TPSA) is 40.5 Å². The zero-order valence-corrected chi connectivity index (χ0v) is 10.0. The number of aliphatic hydroxyl groups is 2. The van der Waals surface area contributed by atoms with E-state index in [1.807, 2.05) is 6.92 Å². The van der Waals surface area contributed by atoms with Crippen molar-refractivity contribution in [1.29, 1.82) is 0 Å². The highest BCUT2D eigenvalue weighted by atomic mass is 16.3.